The highest BCUT2D eigenvalue weighted by Crippen LogP contribution is 2.24. The Hall–Kier alpha value is -2.47. The van der Waals surface area contributed by atoms with Crippen molar-refractivity contribution in [3.05, 3.63) is 64.0 Å². The first kappa shape index (κ1) is 14.5. The van der Waals surface area contributed by atoms with E-state index in [1.165, 1.54) is 11.5 Å². The van der Waals surface area contributed by atoms with E-state index in [0.717, 1.165) is 16.7 Å². The molecule has 0 unspecified atom stereocenters. The van der Waals surface area contributed by atoms with Crippen molar-refractivity contribution >= 4 is 11.5 Å². The Morgan fingerprint density at radius 2 is 2.09 bits per heavy atom. The molecule has 4 nitrogen and oxygen atoms in total. The highest BCUT2D eigenvalue weighted by atomic mass is 32.1. The van der Waals surface area contributed by atoms with Crippen LogP contribution in [0.3, 0.4) is 0 Å². The summed E-state index contributed by atoms with van der Waals surface area (Å²) in [5.41, 5.74) is 3.41. The highest BCUT2D eigenvalue weighted by Gasteiger charge is 2.08. The van der Waals surface area contributed by atoms with Crippen molar-refractivity contribution in [1.29, 1.82) is 0 Å². The lowest BCUT2D eigenvalue weighted by Gasteiger charge is -2.11. The van der Waals surface area contributed by atoms with Gasteiger partial charge in [-0.25, -0.2) is 8.76 Å². The molecule has 1 aromatic carbocycles. The molecule has 112 valence electrons. The van der Waals surface area contributed by atoms with Crippen molar-refractivity contribution in [2.45, 2.75) is 6.92 Å². The van der Waals surface area contributed by atoms with Gasteiger partial charge in [-0.2, -0.15) is 0 Å². The van der Waals surface area contributed by atoms with Crippen LogP contribution >= 0.6 is 11.5 Å². The van der Waals surface area contributed by atoms with Gasteiger partial charge in [0, 0.05) is 40.7 Å². The number of rotatable bonds is 4. The summed E-state index contributed by atoms with van der Waals surface area (Å²) in [6.07, 6.45) is 3.58. The van der Waals surface area contributed by atoms with Gasteiger partial charge >= 0.3 is 0 Å². The molecule has 2 heterocycles. The van der Waals surface area contributed by atoms with Gasteiger partial charge in [-0.1, -0.05) is 0 Å². The van der Waals surface area contributed by atoms with E-state index < -0.39 is 6.86 Å². The summed E-state index contributed by atoms with van der Waals surface area (Å²) in [5.74, 6) is 0.425. The van der Waals surface area contributed by atoms with Crippen LogP contribution in [0.1, 0.15) is 5.56 Å². The third-order valence-corrected chi connectivity index (χ3v) is 3.93. The predicted molar refractivity (Wildman–Crippen MR) is 84.5 cm³/mol. The molecule has 0 amide bonds. The zero-order valence-corrected chi connectivity index (χ0v) is 12.6. The summed E-state index contributed by atoms with van der Waals surface area (Å²) in [7, 11) is 0. The van der Waals surface area contributed by atoms with E-state index in [1.54, 1.807) is 47.3 Å². The van der Waals surface area contributed by atoms with Crippen molar-refractivity contribution in [2.24, 2.45) is 0 Å². The number of hydrogen-bond acceptors (Lipinski definition) is 4. The number of aromatic nitrogens is 2. The van der Waals surface area contributed by atoms with Crippen LogP contribution < -0.4 is 10.3 Å². The fraction of sp³-hybridized carbons (Fsp3) is 0.125. The van der Waals surface area contributed by atoms with Crippen molar-refractivity contribution in [3.8, 4) is 22.6 Å². The maximum Gasteiger partial charge on any atom is 0.255 e. The Morgan fingerprint density at radius 1 is 1.32 bits per heavy atom. The molecule has 2 aromatic heterocycles. The minimum Gasteiger partial charge on any atom is -0.463 e. The average molecular weight is 316 g/mol. The quantitative estimate of drug-likeness (QED) is 0.739. The third-order valence-electron chi connectivity index (χ3n) is 3.34. The monoisotopic (exact) mass is 316 g/mol. The molecule has 0 radical (unpaired) electrons. The first-order chi connectivity index (χ1) is 10.7. The van der Waals surface area contributed by atoms with Crippen molar-refractivity contribution in [3.63, 3.8) is 0 Å². The lowest BCUT2D eigenvalue weighted by atomic mass is 10.1. The molecule has 0 saturated heterocycles. The van der Waals surface area contributed by atoms with Crippen molar-refractivity contribution in [2.75, 3.05) is 6.86 Å². The van der Waals surface area contributed by atoms with Gasteiger partial charge in [-0.15, -0.1) is 0 Å². The van der Waals surface area contributed by atoms with Gasteiger partial charge in [-0.3, -0.25) is 9.36 Å². The zero-order chi connectivity index (χ0) is 15.5. The molecule has 0 saturated carbocycles. The summed E-state index contributed by atoms with van der Waals surface area (Å²) < 4.78 is 22.6. The Balaban J connectivity index is 2.07. The van der Waals surface area contributed by atoms with E-state index in [9.17, 15) is 9.18 Å². The molecule has 6 heteroatoms. The zero-order valence-electron chi connectivity index (χ0n) is 11.8. The summed E-state index contributed by atoms with van der Waals surface area (Å²) in [5, 5.41) is 1.94. The lowest BCUT2D eigenvalue weighted by Crippen LogP contribution is -2.17. The molecule has 0 aliphatic heterocycles. The number of nitrogens with zero attached hydrogens (tertiary/aromatic N) is 2. The van der Waals surface area contributed by atoms with E-state index in [-0.39, 0.29) is 5.56 Å². The molecule has 0 aliphatic carbocycles. The van der Waals surface area contributed by atoms with Crippen LogP contribution in [0.4, 0.5) is 4.39 Å². The van der Waals surface area contributed by atoms with Crippen LogP contribution in [0.25, 0.3) is 16.8 Å². The number of pyridine rings is 1. The molecule has 22 heavy (non-hydrogen) atoms. The molecule has 0 bridgehead atoms. The van der Waals surface area contributed by atoms with Crippen LogP contribution in [-0.4, -0.2) is 15.8 Å². The number of benzene rings is 1. The van der Waals surface area contributed by atoms with Gasteiger partial charge in [0.15, 0.2) is 0 Å². The standard InChI is InChI=1S/C16H13FN2O2S/c1-11-6-16(20)19(8-15(11)12-7-18-22-9-12)13-2-4-14(5-3-13)21-10-17/h2-9H,10H2,1H3. The van der Waals surface area contributed by atoms with Crippen LogP contribution in [-0.2, 0) is 0 Å². The number of halogens is 1. The Morgan fingerprint density at radius 3 is 2.73 bits per heavy atom. The van der Waals surface area contributed by atoms with Crippen molar-refractivity contribution in [1.82, 2.24) is 8.94 Å². The first-order valence-corrected chi connectivity index (χ1v) is 7.45. The van der Waals surface area contributed by atoms with Gasteiger partial charge in [0.05, 0.1) is 0 Å². The lowest BCUT2D eigenvalue weighted by molar-refractivity contribution is 0.192. The first-order valence-electron chi connectivity index (χ1n) is 6.61. The van der Waals surface area contributed by atoms with E-state index in [4.69, 9.17) is 4.74 Å². The molecular formula is C16H13FN2O2S. The smallest absolute Gasteiger partial charge is 0.255 e. The second kappa shape index (κ2) is 6.11. The average Bonchev–Trinajstić information content (AvgIpc) is 3.03. The summed E-state index contributed by atoms with van der Waals surface area (Å²) in [6, 6.07) is 8.30. The van der Waals surface area contributed by atoms with Crippen molar-refractivity contribution < 1.29 is 9.13 Å². The molecule has 3 rings (SSSR count). The molecule has 0 spiro atoms. The topological polar surface area (TPSA) is 44.1 Å². The fourth-order valence-corrected chi connectivity index (χ4v) is 2.77. The summed E-state index contributed by atoms with van der Waals surface area (Å²) in [6.45, 7) is 1.02. The fourth-order valence-electron chi connectivity index (χ4n) is 2.23. The Labute approximate surface area is 130 Å². The minimum atomic E-state index is -0.876. The molecule has 3 aromatic rings. The van der Waals surface area contributed by atoms with Gasteiger partial charge < -0.3 is 4.74 Å². The SMILES string of the molecule is Cc1cc(=O)n(-c2ccc(OCF)cc2)cc1-c1cnsc1. The van der Waals surface area contributed by atoms with E-state index in [1.807, 2.05) is 12.3 Å². The summed E-state index contributed by atoms with van der Waals surface area (Å²) >= 11 is 1.37. The van der Waals surface area contributed by atoms with Crippen LogP contribution in [0.15, 0.2) is 52.9 Å². The number of alkyl halides is 1. The third kappa shape index (κ3) is 2.78. The van der Waals surface area contributed by atoms with Gasteiger partial charge in [0.1, 0.15) is 5.75 Å². The van der Waals surface area contributed by atoms with E-state index in [0.29, 0.717) is 11.4 Å². The molecule has 0 N–H and O–H groups in total. The van der Waals surface area contributed by atoms with Crippen LogP contribution in [0.5, 0.6) is 5.75 Å². The number of aryl methyl sites for hydroxylation is 1. The summed E-state index contributed by atoms with van der Waals surface area (Å²) in [4.78, 5) is 12.2. The largest absolute Gasteiger partial charge is 0.463 e. The van der Waals surface area contributed by atoms with Crippen LogP contribution in [0, 0.1) is 6.92 Å². The minimum absolute atomic E-state index is 0.122. The van der Waals surface area contributed by atoms with Gasteiger partial charge in [-0.05, 0) is 48.3 Å². The Bertz CT molecular complexity index is 826. The second-order valence-electron chi connectivity index (χ2n) is 4.74. The van der Waals surface area contributed by atoms with Gasteiger partial charge in [0.2, 0.25) is 6.86 Å². The second-order valence-corrected chi connectivity index (χ2v) is 5.40. The normalized spacial score (nSPS) is 10.6. The predicted octanol–water partition coefficient (Wildman–Crippen LogP) is 3.58. The maximum absolute atomic E-state index is 12.2. The highest BCUT2D eigenvalue weighted by molar-refractivity contribution is 7.03. The van der Waals surface area contributed by atoms with E-state index >= 15 is 0 Å². The number of hydrogen-bond donors (Lipinski definition) is 0. The molecule has 0 atom stereocenters. The number of ether oxygens (including phenoxy) is 1. The maximum atomic E-state index is 12.2. The van der Waals surface area contributed by atoms with Crippen LogP contribution in [0.2, 0.25) is 0 Å². The van der Waals surface area contributed by atoms with Gasteiger partial charge in [0.25, 0.3) is 5.56 Å². The molecular weight excluding hydrogens is 303 g/mol. The Kier molecular flexibility index (Phi) is 4.02. The van der Waals surface area contributed by atoms with E-state index in [2.05, 4.69) is 4.37 Å². The molecule has 0 fully saturated rings. The molecule has 0 aliphatic rings.